The van der Waals surface area contributed by atoms with E-state index in [2.05, 4.69) is 15.0 Å². The fourth-order valence-corrected chi connectivity index (χ4v) is 8.49. The van der Waals surface area contributed by atoms with Gasteiger partial charge in [-0.3, -0.25) is 18.4 Å². The van der Waals surface area contributed by atoms with E-state index in [-0.39, 0.29) is 31.7 Å². The predicted octanol–water partition coefficient (Wildman–Crippen LogP) is 4.98. The Morgan fingerprint density at radius 2 is 1.29 bits per heavy atom. The number of hydrogen-bond acceptors (Lipinski definition) is 13. The number of thiophene rings is 1. The lowest BCUT2D eigenvalue weighted by atomic mass is 10.0. The summed E-state index contributed by atoms with van der Waals surface area (Å²) in [5.41, 5.74) is 6.30. The second kappa shape index (κ2) is 12.3. The maximum Gasteiger partial charge on any atom is 0.295 e. The molecular weight excluding hydrogens is 731 g/mol. The first-order valence-electron chi connectivity index (χ1n) is 12.8. The summed E-state index contributed by atoms with van der Waals surface area (Å²) in [6.07, 6.45) is 0. The summed E-state index contributed by atoms with van der Waals surface area (Å²) in [6.45, 7) is 0. The summed E-state index contributed by atoms with van der Waals surface area (Å²) >= 11 is 0.802. The van der Waals surface area contributed by atoms with Crippen molar-refractivity contribution in [2.45, 2.75) is 19.6 Å². The summed E-state index contributed by atoms with van der Waals surface area (Å²) < 4.78 is 129. The third-order valence-corrected chi connectivity index (χ3v) is 11.5. The minimum Gasteiger partial charge on any atom is -0.389 e. The first kappa shape index (κ1) is 34.5. The highest BCUT2D eigenvalue weighted by Crippen LogP contribution is 2.45. The zero-order valence-corrected chi connectivity index (χ0v) is 27.7. The van der Waals surface area contributed by atoms with Gasteiger partial charge in [0.05, 0.1) is 21.0 Å². The van der Waals surface area contributed by atoms with E-state index in [9.17, 15) is 52.6 Å². The molecule has 1 aromatic heterocycles. The molecule has 16 nitrogen and oxygen atoms in total. The molecule has 21 heteroatoms. The van der Waals surface area contributed by atoms with Crippen molar-refractivity contribution < 1.29 is 47.3 Å². The van der Waals surface area contributed by atoms with Gasteiger partial charge in [0.25, 0.3) is 40.4 Å². The van der Waals surface area contributed by atoms with Crippen LogP contribution in [0.4, 0.5) is 21.4 Å². The second-order valence-corrected chi connectivity index (χ2v) is 16.6. The maximum absolute atomic E-state index is 12.7. The lowest BCUT2D eigenvalue weighted by Crippen LogP contribution is -2.12. The zero-order valence-electron chi connectivity index (χ0n) is 23.6. The number of rotatable bonds is 9. The van der Waals surface area contributed by atoms with Gasteiger partial charge in [-0.25, -0.2) is 8.42 Å². The zero-order chi connectivity index (χ0) is 35.2. The van der Waals surface area contributed by atoms with Crippen LogP contribution in [0.3, 0.4) is 0 Å². The molecule has 0 spiro atoms. The molecule has 5 aromatic rings. The summed E-state index contributed by atoms with van der Waals surface area (Å²) in [4.78, 5) is -3.24. The smallest absolute Gasteiger partial charge is 0.295 e. The maximum atomic E-state index is 12.7. The van der Waals surface area contributed by atoms with Gasteiger partial charge in [0.15, 0.2) is 0 Å². The van der Waals surface area contributed by atoms with Gasteiger partial charge in [-0.2, -0.15) is 30.5 Å². The molecule has 0 bridgehead atoms. The number of nitrogens with zero attached hydrogens (tertiary/aromatic N) is 3. The number of fused-ring (bicyclic) bond motifs is 1. The van der Waals surface area contributed by atoms with Crippen molar-refractivity contribution in [3.8, 4) is 17.2 Å². The summed E-state index contributed by atoms with van der Waals surface area (Å²) in [5.74, 6) is 0. The molecule has 0 aliphatic carbocycles. The van der Waals surface area contributed by atoms with E-state index in [4.69, 9.17) is 5.73 Å². The van der Waals surface area contributed by atoms with Gasteiger partial charge in [0.1, 0.15) is 25.9 Å². The fourth-order valence-electron chi connectivity index (χ4n) is 4.50. The van der Waals surface area contributed by atoms with Crippen molar-refractivity contribution >= 4 is 83.9 Å². The lowest BCUT2D eigenvalue weighted by Gasteiger charge is -2.11. The van der Waals surface area contributed by atoms with E-state index in [0.717, 1.165) is 23.5 Å². The number of nitrogen functional groups attached to an aromatic ring is 1. The summed E-state index contributed by atoms with van der Waals surface area (Å²) in [6, 6.07) is 17.9. The van der Waals surface area contributed by atoms with Crippen LogP contribution in [-0.4, -0.2) is 47.3 Å². The van der Waals surface area contributed by atoms with Gasteiger partial charge in [-0.1, -0.05) is 41.7 Å². The standard InChI is InChI=1S/C27H19N5O11S5/c28-14-22-25(15-6-8-16(9-7-15)32-45(33,34)18-4-2-1-3-5-18)27(44-26(22)29)31-30-17-10-20-21(23(11-17)47(38,39)40)12-19(46(35,36)37)13-24(20)48(41,42)43/h1-13,32H,29H2,(H,35,36,37)(H,38,39,40)(H,41,42,43). The lowest BCUT2D eigenvalue weighted by molar-refractivity contribution is 0.478. The van der Waals surface area contributed by atoms with E-state index in [1.54, 1.807) is 18.2 Å². The van der Waals surface area contributed by atoms with Gasteiger partial charge in [0, 0.05) is 22.0 Å². The summed E-state index contributed by atoms with van der Waals surface area (Å²) in [5, 5.41) is 16.5. The summed E-state index contributed by atoms with van der Waals surface area (Å²) in [7, 11) is -19.5. The number of benzene rings is 4. The van der Waals surface area contributed by atoms with E-state index in [0.29, 0.717) is 17.7 Å². The molecule has 48 heavy (non-hydrogen) atoms. The molecule has 5 rings (SSSR count). The minimum atomic E-state index is -5.26. The Morgan fingerprint density at radius 1 is 0.708 bits per heavy atom. The molecule has 0 saturated heterocycles. The van der Waals surface area contributed by atoms with Crippen LogP contribution >= 0.6 is 11.3 Å². The molecule has 0 unspecified atom stereocenters. The average Bonchev–Trinajstić information content (AvgIpc) is 3.33. The van der Waals surface area contributed by atoms with Crippen molar-refractivity contribution in [1.82, 2.24) is 0 Å². The predicted molar refractivity (Wildman–Crippen MR) is 174 cm³/mol. The van der Waals surface area contributed by atoms with Crippen LogP contribution in [0, 0.1) is 11.3 Å². The highest BCUT2D eigenvalue weighted by molar-refractivity contribution is 7.92. The molecule has 0 aliphatic rings. The first-order chi connectivity index (χ1) is 22.3. The van der Waals surface area contributed by atoms with E-state index in [1.165, 1.54) is 36.4 Å². The van der Waals surface area contributed by atoms with Crippen LogP contribution in [0.15, 0.2) is 109 Å². The van der Waals surface area contributed by atoms with Crippen molar-refractivity contribution in [2.75, 3.05) is 10.5 Å². The SMILES string of the molecule is N#Cc1c(N)sc(N=Nc2cc(S(=O)(=O)O)c3cc(S(=O)(=O)O)cc(S(=O)(=O)O)c3c2)c1-c1ccc(NS(=O)(=O)c2ccccc2)cc1. The van der Waals surface area contributed by atoms with E-state index in [1.807, 2.05) is 6.07 Å². The monoisotopic (exact) mass is 749 g/mol. The highest BCUT2D eigenvalue weighted by atomic mass is 32.2. The molecule has 0 aliphatic heterocycles. The van der Waals surface area contributed by atoms with Crippen molar-refractivity contribution in [2.24, 2.45) is 10.2 Å². The number of nitrogens with two attached hydrogens (primary N) is 1. The van der Waals surface area contributed by atoms with Crippen LogP contribution < -0.4 is 10.5 Å². The normalized spacial score (nSPS) is 12.7. The number of sulfonamides is 1. The van der Waals surface area contributed by atoms with Crippen LogP contribution in [0.25, 0.3) is 21.9 Å². The molecule has 4 aromatic carbocycles. The minimum absolute atomic E-state index is 0.00638. The van der Waals surface area contributed by atoms with Crippen LogP contribution in [0.1, 0.15) is 5.56 Å². The molecule has 0 amide bonds. The van der Waals surface area contributed by atoms with Gasteiger partial charge in [-0.15, -0.1) is 10.2 Å². The Morgan fingerprint density at radius 3 is 1.85 bits per heavy atom. The average molecular weight is 750 g/mol. The quantitative estimate of drug-likeness (QED) is 0.0983. The number of anilines is 2. The molecule has 1 heterocycles. The van der Waals surface area contributed by atoms with Gasteiger partial charge in [-0.05, 0) is 54.1 Å². The van der Waals surface area contributed by atoms with E-state index < -0.39 is 71.5 Å². The molecule has 248 valence electrons. The van der Waals surface area contributed by atoms with Crippen LogP contribution in [0.5, 0.6) is 0 Å². The van der Waals surface area contributed by atoms with Crippen LogP contribution in [-0.2, 0) is 40.4 Å². The van der Waals surface area contributed by atoms with E-state index >= 15 is 0 Å². The van der Waals surface area contributed by atoms with Crippen molar-refractivity contribution in [3.63, 3.8) is 0 Å². The fraction of sp³-hybridized carbons (Fsp3) is 0. The Hall–Kier alpha value is -4.79. The van der Waals surface area contributed by atoms with Gasteiger partial charge < -0.3 is 5.73 Å². The molecule has 6 N–H and O–H groups in total. The molecule has 0 saturated carbocycles. The van der Waals surface area contributed by atoms with Gasteiger partial charge >= 0.3 is 0 Å². The number of nitriles is 1. The number of nitrogens with one attached hydrogen (secondary N) is 1. The highest BCUT2D eigenvalue weighted by Gasteiger charge is 2.26. The van der Waals surface area contributed by atoms with Crippen molar-refractivity contribution in [3.05, 3.63) is 84.4 Å². The molecular formula is C27H19N5O11S5. The molecule has 0 fully saturated rings. The molecule has 0 radical (unpaired) electrons. The Kier molecular flexibility index (Phi) is 8.88. The van der Waals surface area contributed by atoms with Gasteiger partial charge in [0.2, 0.25) is 0 Å². The Labute approximate surface area is 277 Å². The first-order valence-corrected chi connectivity index (χ1v) is 19.4. The number of azo groups is 1. The third kappa shape index (κ3) is 7.05. The topological polar surface area (TPSA) is 284 Å². The van der Waals surface area contributed by atoms with Crippen molar-refractivity contribution in [1.29, 1.82) is 5.26 Å². The molecule has 0 atom stereocenters. The largest absolute Gasteiger partial charge is 0.389 e. The number of hydrogen-bond donors (Lipinski definition) is 5. The Bertz CT molecular complexity index is 2630. The van der Waals surface area contributed by atoms with Crippen LogP contribution in [0.2, 0.25) is 0 Å². The third-order valence-electron chi connectivity index (χ3n) is 6.57. The Balaban J connectivity index is 1.62. The second-order valence-electron chi connectivity index (χ2n) is 9.71.